The quantitative estimate of drug-likeness (QED) is 0.551. The highest BCUT2D eigenvalue weighted by Crippen LogP contribution is 1.91. The number of carboxylic acid groups (broad SMARTS) is 1. The van der Waals surface area contributed by atoms with Gasteiger partial charge in [0.1, 0.15) is 0 Å². The summed E-state index contributed by atoms with van der Waals surface area (Å²) in [6, 6.07) is 0. The topological polar surface area (TPSA) is 57.5 Å². The molecule has 0 aromatic rings. The first-order chi connectivity index (χ1) is 4.22. The second kappa shape index (κ2) is 10.4. The molecular formula is C6H14O3. The maximum atomic E-state index is 8.67. The lowest BCUT2D eigenvalue weighted by atomic mass is 10.2. The summed E-state index contributed by atoms with van der Waals surface area (Å²) in [5.41, 5.74) is 0. The lowest BCUT2D eigenvalue weighted by Gasteiger charge is -1.98. The first kappa shape index (κ1) is 11.3. The van der Waals surface area contributed by atoms with E-state index >= 15 is 0 Å². The van der Waals surface area contributed by atoms with Gasteiger partial charge in [-0.15, -0.1) is 0 Å². The van der Waals surface area contributed by atoms with Crippen LogP contribution in [0.15, 0.2) is 0 Å². The van der Waals surface area contributed by atoms with Crippen molar-refractivity contribution >= 4 is 6.47 Å². The normalized spacial score (nSPS) is 8.00. The minimum atomic E-state index is -0.250. The third-order valence-corrected chi connectivity index (χ3v) is 0.942. The molecule has 0 atom stereocenters. The minimum Gasteiger partial charge on any atom is -0.483 e. The predicted octanol–water partition coefficient (Wildman–Crippen LogP) is 0.868. The third kappa shape index (κ3) is 18.6. The largest absolute Gasteiger partial charge is 0.483 e. The van der Waals surface area contributed by atoms with Crippen LogP contribution >= 0.6 is 0 Å². The Hall–Kier alpha value is -0.570. The van der Waals surface area contributed by atoms with Gasteiger partial charge in [0.15, 0.2) is 0 Å². The molecule has 0 aromatic heterocycles. The van der Waals surface area contributed by atoms with E-state index < -0.39 is 0 Å². The highest BCUT2D eigenvalue weighted by atomic mass is 16.3. The highest BCUT2D eigenvalue weighted by Gasteiger charge is 1.90. The van der Waals surface area contributed by atoms with Crippen LogP contribution in [0.1, 0.15) is 26.7 Å². The van der Waals surface area contributed by atoms with Gasteiger partial charge in [-0.2, -0.15) is 0 Å². The van der Waals surface area contributed by atoms with Crippen LogP contribution in [0.2, 0.25) is 0 Å². The SMILES string of the molecule is CCC(O)CC.O=CO. The van der Waals surface area contributed by atoms with Crippen molar-refractivity contribution in [3.63, 3.8) is 0 Å². The van der Waals surface area contributed by atoms with Crippen LogP contribution in [0.25, 0.3) is 0 Å². The molecule has 0 fully saturated rings. The number of carbonyl (C=O) groups is 1. The van der Waals surface area contributed by atoms with Gasteiger partial charge in [0.25, 0.3) is 6.47 Å². The smallest absolute Gasteiger partial charge is 0.290 e. The van der Waals surface area contributed by atoms with Crippen molar-refractivity contribution in [1.82, 2.24) is 0 Å². The van der Waals surface area contributed by atoms with E-state index in [-0.39, 0.29) is 12.6 Å². The van der Waals surface area contributed by atoms with Crippen LogP contribution < -0.4 is 0 Å². The average molecular weight is 134 g/mol. The van der Waals surface area contributed by atoms with E-state index in [1.165, 1.54) is 0 Å². The predicted molar refractivity (Wildman–Crippen MR) is 35.3 cm³/mol. The van der Waals surface area contributed by atoms with E-state index in [2.05, 4.69) is 0 Å². The standard InChI is InChI=1S/C5H12O.CH2O2/c1-3-5(6)4-2;2-1-3/h5-6H,3-4H2,1-2H3;1H,(H,2,3). The van der Waals surface area contributed by atoms with E-state index in [1.54, 1.807) is 0 Å². The monoisotopic (exact) mass is 134 g/mol. The van der Waals surface area contributed by atoms with Gasteiger partial charge >= 0.3 is 0 Å². The minimum absolute atomic E-state index is 0.0648. The van der Waals surface area contributed by atoms with Gasteiger partial charge in [-0.1, -0.05) is 13.8 Å². The molecule has 2 N–H and O–H groups in total. The maximum Gasteiger partial charge on any atom is 0.290 e. The van der Waals surface area contributed by atoms with E-state index in [4.69, 9.17) is 15.0 Å². The summed E-state index contributed by atoms with van der Waals surface area (Å²) in [6.07, 6.45) is 1.71. The van der Waals surface area contributed by atoms with Crippen molar-refractivity contribution < 1.29 is 15.0 Å². The zero-order chi connectivity index (χ0) is 7.70. The van der Waals surface area contributed by atoms with Gasteiger partial charge in [-0.25, -0.2) is 0 Å². The van der Waals surface area contributed by atoms with E-state index in [0.29, 0.717) is 0 Å². The maximum absolute atomic E-state index is 8.67. The van der Waals surface area contributed by atoms with Crippen molar-refractivity contribution in [3.05, 3.63) is 0 Å². The van der Waals surface area contributed by atoms with Gasteiger partial charge in [0, 0.05) is 0 Å². The highest BCUT2D eigenvalue weighted by molar-refractivity contribution is 5.32. The van der Waals surface area contributed by atoms with E-state index in [1.807, 2.05) is 13.8 Å². The Labute approximate surface area is 55.3 Å². The Kier molecular flexibility index (Phi) is 13.0. The molecule has 0 unspecified atom stereocenters. The molecule has 0 saturated heterocycles. The number of hydrogen-bond donors (Lipinski definition) is 2. The Bertz CT molecular complexity index is 50.3. The molecule has 0 rings (SSSR count). The van der Waals surface area contributed by atoms with Crippen LogP contribution in [0, 0.1) is 0 Å². The van der Waals surface area contributed by atoms with Crippen LogP contribution in [-0.2, 0) is 4.79 Å². The van der Waals surface area contributed by atoms with Crippen molar-refractivity contribution in [2.75, 3.05) is 0 Å². The Balaban J connectivity index is 0. The molecule has 0 spiro atoms. The molecule has 0 saturated carbocycles. The molecule has 0 radical (unpaired) electrons. The summed E-state index contributed by atoms with van der Waals surface area (Å²) in [4.78, 5) is 8.36. The van der Waals surface area contributed by atoms with Crippen LogP contribution in [0.3, 0.4) is 0 Å². The summed E-state index contributed by atoms with van der Waals surface area (Å²) in [5, 5.41) is 15.6. The fourth-order valence-electron chi connectivity index (χ4n) is 0.289. The molecule has 0 aromatic carbocycles. The molecule has 0 heterocycles. The van der Waals surface area contributed by atoms with E-state index in [0.717, 1.165) is 12.8 Å². The van der Waals surface area contributed by atoms with Crippen molar-refractivity contribution in [1.29, 1.82) is 0 Å². The first-order valence-electron chi connectivity index (χ1n) is 2.98. The van der Waals surface area contributed by atoms with Crippen LogP contribution in [0.5, 0.6) is 0 Å². The van der Waals surface area contributed by atoms with Crippen molar-refractivity contribution in [2.24, 2.45) is 0 Å². The number of rotatable bonds is 2. The summed E-state index contributed by atoms with van der Waals surface area (Å²) in [6.45, 7) is 3.71. The fourth-order valence-corrected chi connectivity index (χ4v) is 0.289. The van der Waals surface area contributed by atoms with Gasteiger partial charge in [0.2, 0.25) is 0 Å². The van der Waals surface area contributed by atoms with Gasteiger partial charge in [0.05, 0.1) is 6.10 Å². The third-order valence-electron chi connectivity index (χ3n) is 0.942. The molecule has 0 amide bonds. The number of aliphatic hydroxyl groups excluding tert-OH is 1. The summed E-state index contributed by atoms with van der Waals surface area (Å²) in [7, 11) is 0. The zero-order valence-corrected chi connectivity index (χ0v) is 5.87. The molecule has 0 bridgehead atoms. The molecule has 0 aliphatic carbocycles. The average Bonchev–Trinajstić information content (AvgIpc) is 1.88. The zero-order valence-electron chi connectivity index (χ0n) is 5.87. The second-order valence-electron chi connectivity index (χ2n) is 1.58. The Morgan fingerprint density at radius 3 is 1.67 bits per heavy atom. The lowest BCUT2D eigenvalue weighted by molar-refractivity contribution is -0.122. The summed E-state index contributed by atoms with van der Waals surface area (Å²) < 4.78 is 0. The van der Waals surface area contributed by atoms with Gasteiger partial charge in [-0.05, 0) is 12.8 Å². The summed E-state index contributed by atoms with van der Waals surface area (Å²) >= 11 is 0. The second-order valence-corrected chi connectivity index (χ2v) is 1.58. The molecule has 3 heteroatoms. The van der Waals surface area contributed by atoms with Crippen molar-refractivity contribution in [3.8, 4) is 0 Å². The molecule has 9 heavy (non-hydrogen) atoms. The Morgan fingerprint density at radius 1 is 1.44 bits per heavy atom. The first-order valence-corrected chi connectivity index (χ1v) is 2.98. The van der Waals surface area contributed by atoms with Gasteiger partial charge in [-0.3, -0.25) is 4.79 Å². The molecule has 0 aliphatic heterocycles. The Morgan fingerprint density at radius 2 is 1.67 bits per heavy atom. The molecule has 3 nitrogen and oxygen atoms in total. The van der Waals surface area contributed by atoms with Crippen LogP contribution in [0.4, 0.5) is 0 Å². The number of aliphatic hydroxyl groups is 1. The van der Waals surface area contributed by atoms with Crippen LogP contribution in [-0.4, -0.2) is 22.8 Å². The lowest BCUT2D eigenvalue weighted by Crippen LogP contribution is -1.99. The molecule has 0 aliphatic rings. The van der Waals surface area contributed by atoms with Crippen molar-refractivity contribution in [2.45, 2.75) is 32.8 Å². The number of hydrogen-bond acceptors (Lipinski definition) is 2. The molecule has 56 valence electrons. The summed E-state index contributed by atoms with van der Waals surface area (Å²) in [5.74, 6) is 0. The molecular weight excluding hydrogens is 120 g/mol. The van der Waals surface area contributed by atoms with E-state index in [9.17, 15) is 0 Å². The fraction of sp³-hybridized carbons (Fsp3) is 0.833. The van der Waals surface area contributed by atoms with Gasteiger partial charge < -0.3 is 10.2 Å².